The molecule has 1 heterocycles. The Bertz CT molecular complexity index is 456. The number of hydrogen-bond donors (Lipinski definition) is 1. The van der Waals surface area contributed by atoms with Gasteiger partial charge < -0.3 is 10.2 Å². The van der Waals surface area contributed by atoms with E-state index in [0.717, 1.165) is 36.1 Å². The van der Waals surface area contributed by atoms with E-state index in [1.165, 1.54) is 6.42 Å². The van der Waals surface area contributed by atoms with Crippen LogP contribution in [0.3, 0.4) is 0 Å². The second kappa shape index (κ2) is 7.23. The van der Waals surface area contributed by atoms with E-state index in [2.05, 4.69) is 35.1 Å². The van der Waals surface area contributed by atoms with Gasteiger partial charge in [-0.3, -0.25) is 4.79 Å². The summed E-state index contributed by atoms with van der Waals surface area (Å²) in [6, 6.07) is 8.11. The van der Waals surface area contributed by atoms with Crippen molar-refractivity contribution in [1.82, 2.24) is 10.2 Å². The van der Waals surface area contributed by atoms with Gasteiger partial charge in [-0.15, -0.1) is 0 Å². The van der Waals surface area contributed by atoms with Crippen molar-refractivity contribution in [2.45, 2.75) is 32.7 Å². The van der Waals surface area contributed by atoms with Crippen LogP contribution < -0.4 is 5.32 Å². The maximum absolute atomic E-state index is 12.8. The Kier molecular flexibility index (Phi) is 5.61. The summed E-state index contributed by atoms with van der Waals surface area (Å²) in [6.45, 7) is 6.99. The molecule has 3 nitrogen and oxygen atoms in total. The first kappa shape index (κ1) is 15.5. The van der Waals surface area contributed by atoms with Crippen LogP contribution in [-0.4, -0.2) is 36.5 Å². The van der Waals surface area contributed by atoms with Gasteiger partial charge in [0, 0.05) is 23.6 Å². The van der Waals surface area contributed by atoms with Gasteiger partial charge in [0.2, 0.25) is 0 Å². The molecule has 0 aliphatic carbocycles. The highest BCUT2D eigenvalue weighted by atomic mass is 79.9. The summed E-state index contributed by atoms with van der Waals surface area (Å²) in [4.78, 5) is 14.8. The first-order chi connectivity index (χ1) is 9.58. The van der Waals surface area contributed by atoms with Gasteiger partial charge in [-0.2, -0.15) is 0 Å². The standard InChI is InChI=1S/C16H23BrN2O/c1-12(2)10-19(11-13-6-5-9-18-13)16(20)14-7-3-4-8-15(14)17/h3-4,7-8,12-13,18H,5-6,9-11H2,1-2H3. The fraction of sp³-hybridized carbons (Fsp3) is 0.562. The minimum absolute atomic E-state index is 0.125. The number of benzene rings is 1. The molecule has 1 amide bonds. The van der Waals surface area contributed by atoms with Crippen molar-refractivity contribution in [3.63, 3.8) is 0 Å². The number of carbonyl (C=O) groups excluding carboxylic acids is 1. The van der Waals surface area contributed by atoms with E-state index in [1.54, 1.807) is 0 Å². The van der Waals surface area contributed by atoms with Crippen LogP contribution in [0.1, 0.15) is 37.0 Å². The monoisotopic (exact) mass is 338 g/mol. The molecule has 1 aromatic carbocycles. The Morgan fingerprint density at radius 3 is 2.80 bits per heavy atom. The van der Waals surface area contributed by atoms with E-state index in [9.17, 15) is 4.79 Å². The lowest BCUT2D eigenvalue weighted by Gasteiger charge is -2.28. The summed E-state index contributed by atoms with van der Waals surface area (Å²) >= 11 is 3.48. The molecule has 1 N–H and O–H groups in total. The number of nitrogens with one attached hydrogen (secondary N) is 1. The molecule has 0 radical (unpaired) electrons. The van der Waals surface area contributed by atoms with Gasteiger partial charge in [0.15, 0.2) is 0 Å². The maximum atomic E-state index is 12.8. The van der Waals surface area contributed by atoms with Crippen molar-refractivity contribution in [2.24, 2.45) is 5.92 Å². The summed E-state index contributed by atoms with van der Waals surface area (Å²) < 4.78 is 0.873. The molecule has 0 bridgehead atoms. The van der Waals surface area contributed by atoms with Gasteiger partial charge in [-0.1, -0.05) is 26.0 Å². The second-order valence-corrected chi connectivity index (χ2v) is 6.73. The fourth-order valence-corrected chi connectivity index (χ4v) is 3.12. The Balaban J connectivity index is 2.12. The first-order valence-electron chi connectivity index (χ1n) is 7.35. The minimum atomic E-state index is 0.125. The first-order valence-corrected chi connectivity index (χ1v) is 8.14. The molecule has 1 unspecified atom stereocenters. The summed E-state index contributed by atoms with van der Waals surface area (Å²) in [5.41, 5.74) is 0.756. The van der Waals surface area contributed by atoms with Gasteiger partial charge in [0.05, 0.1) is 5.56 Å². The van der Waals surface area contributed by atoms with Crippen LogP contribution in [0.25, 0.3) is 0 Å². The average Bonchev–Trinajstić information content (AvgIpc) is 2.90. The van der Waals surface area contributed by atoms with Crippen LogP contribution in [0.5, 0.6) is 0 Å². The molecule has 1 aliphatic heterocycles. The SMILES string of the molecule is CC(C)CN(CC1CCCN1)C(=O)c1ccccc1Br. The van der Waals surface area contributed by atoms with Crippen LogP contribution in [-0.2, 0) is 0 Å². The topological polar surface area (TPSA) is 32.3 Å². The Morgan fingerprint density at radius 1 is 1.45 bits per heavy atom. The number of halogens is 1. The summed E-state index contributed by atoms with van der Waals surface area (Å²) in [5.74, 6) is 0.600. The quantitative estimate of drug-likeness (QED) is 0.893. The highest BCUT2D eigenvalue weighted by Gasteiger charge is 2.23. The van der Waals surface area contributed by atoms with E-state index in [1.807, 2.05) is 29.2 Å². The van der Waals surface area contributed by atoms with Crippen molar-refractivity contribution in [3.8, 4) is 0 Å². The van der Waals surface area contributed by atoms with Crippen LogP contribution >= 0.6 is 15.9 Å². The summed E-state index contributed by atoms with van der Waals surface area (Å²) in [7, 11) is 0. The van der Waals surface area contributed by atoms with Gasteiger partial charge in [-0.25, -0.2) is 0 Å². The molecule has 1 fully saturated rings. The lowest BCUT2D eigenvalue weighted by atomic mass is 10.1. The maximum Gasteiger partial charge on any atom is 0.255 e. The van der Waals surface area contributed by atoms with Crippen molar-refractivity contribution < 1.29 is 4.79 Å². The van der Waals surface area contributed by atoms with E-state index >= 15 is 0 Å². The highest BCUT2D eigenvalue weighted by Crippen LogP contribution is 2.19. The smallest absolute Gasteiger partial charge is 0.255 e. The molecule has 4 heteroatoms. The second-order valence-electron chi connectivity index (χ2n) is 5.88. The lowest BCUT2D eigenvalue weighted by molar-refractivity contribution is 0.0720. The summed E-state index contributed by atoms with van der Waals surface area (Å²) in [6.07, 6.45) is 2.38. The van der Waals surface area contributed by atoms with E-state index in [0.29, 0.717) is 12.0 Å². The highest BCUT2D eigenvalue weighted by molar-refractivity contribution is 9.10. The van der Waals surface area contributed by atoms with E-state index < -0.39 is 0 Å². The molecule has 1 saturated heterocycles. The zero-order valence-corrected chi connectivity index (χ0v) is 13.8. The summed E-state index contributed by atoms with van der Waals surface area (Å²) in [5, 5.41) is 3.48. The van der Waals surface area contributed by atoms with Crippen molar-refractivity contribution in [3.05, 3.63) is 34.3 Å². The molecule has 0 saturated carbocycles. The van der Waals surface area contributed by atoms with Gasteiger partial charge in [0.25, 0.3) is 5.91 Å². The molecule has 2 rings (SSSR count). The molecular weight excluding hydrogens is 316 g/mol. The van der Waals surface area contributed by atoms with Crippen LogP contribution in [0, 0.1) is 5.92 Å². The fourth-order valence-electron chi connectivity index (χ4n) is 2.66. The average molecular weight is 339 g/mol. The third-order valence-corrected chi connectivity index (χ3v) is 4.27. The van der Waals surface area contributed by atoms with Gasteiger partial charge in [0.1, 0.15) is 0 Å². The number of hydrogen-bond acceptors (Lipinski definition) is 2. The Labute approximate surface area is 129 Å². The third kappa shape index (κ3) is 4.06. The number of rotatable bonds is 5. The molecule has 110 valence electrons. The largest absolute Gasteiger partial charge is 0.337 e. The zero-order valence-electron chi connectivity index (χ0n) is 12.2. The molecule has 1 aliphatic rings. The van der Waals surface area contributed by atoms with E-state index in [4.69, 9.17) is 0 Å². The minimum Gasteiger partial charge on any atom is -0.337 e. The number of carbonyl (C=O) groups is 1. The van der Waals surface area contributed by atoms with Gasteiger partial charge in [-0.05, 0) is 53.4 Å². The Morgan fingerprint density at radius 2 is 2.20 bits per heavy atom. The van der Waals surface area contributed by atoms with Gasteiger partial charge >= 0.3 is 0 Å². The predicted molar refractivity (Wildman–Crippen MR) is 85.9 cm³/mol. The van der Waals surface area contributed by atoms with Crippen LogP contribution in [0.2, 0.25) is 0 Å². The molecule has 0 aromatic heterocycles. The van der Waals surface area contributed by atoms with E-state index in [-0.39, 0.29) is 5.91 Å². The van der Waals surface area contributed by atoms with Crippen LogP contribution in [0.15, 0.2) is 28.7 Å². The molecule has 0 spiro atoms. The molecule has 1 aromatic rings. The number of amides is 1. The molecular formula is C16H23BrN2O. The van der Waals surface area contributed by atoms with Crippen molar-refractivity contribution >= 4 is 21.8 Å². The third-order valence-electron chi connectivity index (χ3n) is 3.58. The Hall–Kier alpha value is -0.870. The van der Waals surface area contributed by atoms with Crippen molar-refractivity contribution in [1.29, 1.82) is 0 Å². The lowest BCUT2D eigenvalue weighted by Crippen LogP contribution is -2.43. The van der Waals surface area contributed by atoms with Crippen molar-refractivity contribution in [2.75, 3.05) is 19.6 Å². The van der Waals surface area contributed by atoms with Crippen LogP contribution in [0.4, 0.5) is 0 Å². The predicted octanol–water partition coefficient (Wildman–Crippen LogP) is 3.30. The zero-order chi connectivity index (χ0) is 14.5. The number of nitrogens with zero attached hydrogens (tertiary/aromatic N) is 1. The molecule has 1 atom stereocenters. The molecule has 20 heavy (non-hydrogen) atoms. The normalized spacial score (nSPS) is 18.5.